The van der Waals surface area contributed by atoms with Gasteiger partial charge in [0.15, 0.2) is 0 Å². The molecule has 0 saturated heterocycles. The number of hydrogen-bond acceptors (Lipinski definition) is 3. The third-order valence-electron chi connectivity index (χ3n) is 1.92. The van der Waals surface area contributed by atoms with E-state index in [4.69, 9.17) is 5.11 Å². The van der Waals surface area contributed by atoms with E-state index in [1.165, 1.54) is 12.1 Å². The highest BCUT2D eigenvalue weighted by Gasteiger charge is 2.04. The number of halogens is 1. The van der Waals surface area contributed by atoms with Gasteiger partial charge in [-0.05, 0) is 18.2 Å². The van der Waals surface area contributed by atoms with Crippen molar-refractivity contribution in [2.45, 2.75) is 0 Å². The van der Waals surface area contributed by atoms with Crippen LogP contribution in [0.3, 0.4) is 0 Å². The quantitative estimate of drug-likeness (QED) is 0.734. The molecule has 0 fully saturated rings. The van der Waals surface area contributed by atoms with Crippen LogP contribution >= 0.6 is 0 Å². The lowest BCUT2D eigenvalue weighted by Crippen LogP contribution is -2.21. The van der Waals surface area contributed by atoms with Crippen molar-refractivity contribution in [3.63, 3.8) is 0 Å². The van der Waals surface area contributed by atoms with Gasteiger partial charge in [0.05, 0.1) is 6.61 Å². The molecule has 0 spiro atoms. The number of carbonyl (C=O) groups excluding carboxylic acids is 1. The zero-order valence-electron chi connectivity index (χ0n) is 7.90. The van der Waals surface area contributed by atoms with E-state index in [2.05, 4.69) is 0 Å². The number of benzene rings is 1. The lowest BCUT2D eigenvalue weighted by molar-refractivity contribution is 0.112. The topological polar surface area (TPSA) is 40.5 Å². The number of hydrogen-bond donors (Lipinski definition) is 1. The predicted octanol–water partition coefficient (Wildman–Crippen LogP) is 1.07. The lowest BCUT2D eigenvalue weighted by atomic mass is 10.2. The molecule has 0 aromatic heterocycles. The van der Waals surface area contributed by atoms with E-state index in [9.17, 15) is 9.18 Å². The molecule has 0 saturated carbocycles. The van der Waals surface area contributed by atoms with Gasteiger partial charge in [-0.2, -0.15) is 0 Å². The first-order chi connectivity index (χ1) is 6.67. The Labute approximate surface area is 81.8 Å². The fraction of sp³-hybridized carbons (Fsp3) is 0.300. The maximum absolute atomic E-state index is 13.0. The van der Waals surface area contributed by atoms with Gasteiger partial charge in [0.1, 0.15) is 12.1 Å². The Morgan fingerprint density at radius 1 is 1.50 bits per heavy atom. The normalized spacial score (nSPS) is 9.93. The largest absolute Gasteiger partial charge is 0.395 e. The first kappa shape index (κ1) is 10.7. The van der Waals surface area contributed by atoms with Crippen molar-refractivity contribution in [1.82, 2.24) is 0 Å². The monoisotopic (exact) mass is 197 g/mol. The summed E-state index contributed by atoms with van der Waals surface area (Å²) in [5, 5.41) is 8.69. The molecule has 1 rings (SSSR count). The number of rotatable bonds is 4. The highest BCUT2D eigenvalue weighted by atomic mass is 19.1. The third kappa shape index (κ3) is 2.53. The van der Waals surface area contributed by atoms with Crippen LogP contribution in [-0.4, -0.2) is 31.6 Å². The number of likely N-dealkylation sites (N-methyl/N-ethyl adjacent to an activating group) is 1. The summed E-state index contributed by atoms with van der Waals surface area (Å²) in [5.41, 5.74) is 0.880. The molecule has 0 bridgehead atoms. The zero-order chi connectivity index (χ0) is 10.6. The van der Waals surface area contributed by atoms with Crippen molar-refractivity contribution in [3.8, 4) is 0 Å². The summed E-state index contributed by atoms with van der Waals surface area (Å²) < 4.78 is 13.0. The van der Waals surface area contributed by atoms with Crippen LogP contribution in [0.5, 0.6) is 0 Å². The highest BCUT2D eigenvalue weighted by molar-refractivity contribution is 5.77. The van der Waals surface area contributed by atoms with Crippen LogP contribution in [0.1, 0.15) is 10.4 Å². The van der Waals surface area contributed by atoms with Crippen LogP contribution in [0.4, 0.5) is 10.1 Å². The molecular weight excluding hydrogens is 185 g/mol. The third-order valence-corrected chi connectivity index (χ3v) is 1.92. The van der Waals surface area contributed by atoms with Crippen molar-refractivity contribution in [3.05, 3.63) is 29.6 Å². The van der Waals surface area contributed by atoms with Crippen LogP contribution < -0.4 is 4.90 Å². The van der Waals surface area contributed by atoms with Crippen molar-refractivity contribution in [2.24, 2.45) is 0 Å². The van der Waals surface area contributed by atoms with E-state index in [0.717, 1.165) is 0 Å². The maximum Gasteiger partial charge on any atom is 0.150 e. The van der Waals surface area contributed by atoms with Gasteiger partial charge in [-0.15, -0.1) is 0 Å². The Hall–Kier alpha value is -1.42. The van der Waals surface area contributed by atoms with E-state index in [0.29, 0.717) is 24.1 Å². The summed E-state index contributed by atoms with van der Waals surface area (Å²) in [4.78, 5) is 12.1. The lowest BCUT2D eigenvalue weighted by Gasteiger charge is -2.18. The minimum atomic E-state index is -0.450. The van der Waals surface area contributed by atoms with Crippen LogP contribution in [0, 0.1) is 5.82 Å². The Balaban J connectivity index is 2.96. The molecule has 4 heteroatoms. The molecule has 14 heavy (non-hydrogen) atoms. The summed E-state index contributed by atoms with van der Waals surface area (Å²) in [6, 6.07) is 4.07. The van der Waals surface area contributed by atoms with Crippen LogP contribution in [0.2, 0.25) is 0 Å². The molecule has 0 aliphatic carbocycles. The first-order valence-electron chi connectivity index (χ1n) is 4.25. The van der Waals surface area contributed by atoms with Crippen LogP contribution in [0.25, 0.3) is 0 Å². The van der Waals surface area contributed by atoms with E-state index in [-0.39, 0.29) is 6.61 Å². The van der Waals surface area contributed by atoms with Crippen LogP contribution in [-0.2, 0) is 0 Å². The molecular formula is C10H12FNO2. The van der Waals surface area contributed by atoms with Gasteiger partial charge in [-0.3, -0.25) is 4.79 Å². The average Bonchev–Trinajstić information content (AvgIpc) is 2.17. The van der Waals surface area contributed by atoms with Crippen molar-refractivity contribution < 1.29 is 14.3 Å². The molecule has 1 aromatic rings. The Bertz CT molecular complexity index is 328. The van der Waals surface area contributed by atoms with Gasteiger partial charge >= 0.3 is 0 Å². The molecule has 0 aliphatic rings. The van der Waals surface area contributed by atoms with Gasteiger partial charge < -0.3 is 10.0 Å². The molecule has 0 amide bonds. The van der Waals surface area contributed by atoms with Gasteiger partial charge in [0.2, 0.25) is 0 Å². The predicted molar refractivity (Wildman–Crippen MR) is 52.1 cm³/mol. The maximum atomic E-state index is 13.0. The summed E-state index contributed by atoms with van der Waals surface area (Å²) in [6.45, 7) is 0.394. The van der Waals surface area contributed by atoms with Gasteiger partial charge in [-0.1, -0.05) is 0 Å². The summed E-state index contributed by atoms with van der Waals surface area (Å²) in [6.07, 6.45) is 0.597. The van der Waals surface area contributed by atoms with E-state index in [1.807, 2.05) is 0 Å². The molecule has 1 N–H and O–H groups in total. The second kappa shape index (κ2) is 4.72. The Kier molecular flexibility index (Phi) is 3.59. The number of aldehydes is 1. The van der Waals surface area contributed by atoms with Crippen molar-refractivity contribution >= 4 is 12.0 Å². The van der Waals surface area contributed by atoms with Crippen LogP contribution in [0.15, 0.2) is 18.2 Å². The average molecular weight is 197 g/mol. The second-order valence-electron chi connectivity index (χ2n) is 3.01. The second-order valence-corrected chi connectivity index (χ2v) is 3.01. The van der Waals surface area contributed by atoms with Gasteiger partial charge in [-0.25, -0.2) is 4.39 Å². The molecule has 0 aliphatic heterocycles. The van der Waals surface area contributed by atoms with Gasteiger partial charge in [0, 0.05) is 24.8 Å². The number of aliphatic hydroxyl groups is 1. The first-order valence-corrected chi connectivity index (χ1v) is 4.25. The highest BCUT2D eigenvalue weighted by Crippen LogP contribution is 2.16. The molecule has 0 radical (unpaired) electrons. The fourth-order valence-corrected chi connectivity index (χ4v) is 1.16. The number of aliphatic hydroxyl groups excluding tert-OH is 1. The summed E-state index contributed by atoms with van der Waals surface area (Å²) in [5.74, 6) is -0.450. The molecule has 76 valence electrons. The van der Waals surface area contributed by atoms with E-state index in [1.54, 1.807) is 18.0 Å². The van der Waals surface area contributed by atoms with E-state index < -0.39 is 5.82 Å². The molecule has 0 unspecified atom stereocenters. The summed E-state index contributed by atoms with van der Waals surface area (Å²) in [7, 11) is 1.72. The Morgan fingerprint density at radius 2 is 2.21 bits per heavy atom. The fourth-order valence-electron chi connectivity index (χ4n) is 1.16. The minimum absolute atomic E-state index is 0.0105. The number of carbonyl (C=O) groups is 1. The minimum Gasteiger partial charge on any atom is -0.395 e. The van der Waals surface area contributed by atoms with Crippen molar-refractivity contribution in [1.29, 1.82) is 0 Å². The molecule has 1 aromatic carbocycles. The molecule has 3 nitrogen and oxygen atoms in total. The number of nitrogens with zero attached hydrogens (tertiary/aromatic N) is 1. The van der Waals surface area contributed by atoms with Crippen molar-refractivity contribution in [2.75, 3.05) is 25.1 Å². The summed E-state index contributed by atoms with van der Waals surface area (Å²) >= 11 is 0. The van der Waals surface area contributed by atoms with Gasteiger partial charge in [0.25, 0.3) is 0 Å². The molecule has 0 atom stereocenters. The smallest absolute Gasteiger partial charge is 0.150 e. The SMILES string of the molecule is CN(CCO)c1cc(F)cc(C=O)c1. The number of anilines is 1. The zero-order valence-corrected chi connectivity index (χ0v) is 7.90. The standard InChI is InChI=1S/C10H12FNO2/c1-12(2-3-13)10-5-8(7-14)4-9(11)6-10/h4-7,13H,2-3H2,1H3. The Morgan fingerprint density at radius 3 is 2.79 bits per heavy atom. The molecule has 0 heterocycles. The van der Waals surface area contributed by atoms with E-state index >= 15 is 0 Å².